The molecule has 1 saturated heterocycles. The number of benzene rings is 1. The molecule has 1 saturated carbocycles. The third-order valence-corrected chi connectivity index (χ3v) is 5.39. The van der Waals surface area contributed by atoms with Crippen molar-refractivity contribution < 1.29 is 14.7 Å². The lowest BCUT2D eigenvalue weighted by Crippen LogP contribution is -2.37. The minimum atomic E-state index is -0.734. The fourth-order valence-electron chi connectivity index (χ4n) is 3.76. The van der Waals surface area contributed by atoms with E-state index in [1.807, 2.05) is 24.3 Å². The molecule has 0 bridgehead atoms. The largest absolute Gasteiger partial charge is 0.481 e. The van der Waals surface area contributed by atoms with Crippen molar-refractivity contribution in [2.75, 3.05) is 13.1 Å². The molecular formula is C16H18BrNO3. The Labute approximate surface area is 132 Å². The Morgan fingerprint density at radius 1 is 1.43 bits per heavy atom. The Hall–Kier alpha value is -1.36. The van der Waals surface area contributed by atoms with Gasteiger partial charge in [-0.25, -0.2) is 0 Å². The van der Waals surface area contributed by atoms with E-state index in [-0.39, 0.29) is 11.8 Å². The van der Waals surface area contributed by atoms with Crippen molar-refractivity contribution in [3.8, 4) is 0 Å². The van der Waals surface area contributed by atoms with E-state index in [0.717, 1.165) is 22.9 Å². The SMILES string of the molecule is O=C(Cc1cccc(Br)c1)N1C[C@@H]2CCC[C@@]2(C(=O)O)C1. The van der Waals surface area contributed by atoms with E-state index in [4.69, 9.17) is 0 Å². The Kier molecular flexibility index (Phi) is 3.78. The number of hydrogen-bond donors (Lipinski definition) is 1. The number of carboxylic acid groups (broad SMARTS) is 1. The highest BCUT2D eigenvalue weighted by molar-refractivity contribution is 9.10. The Morgan fingerprint density at radius 2 is 2.24 bits per heavy atom. The maximum Gasteiger partial charge on any atom is 0.311 e. The summed E-state index contributed by atoms with van der Waals surface area (Å²) in [7, 11) is 0. The highest BCUT2D eigenvalue weighted by Crippen LogP contribution is 2.48. The van der Waals surface area contributed by atoms with Crippen LogP contribution in [0.15, 0.2) is 28.7 Å². The van der Waals surface area contributed by atoms with Gasteiger partial charge in [0.1, 0.15) is 0 Å². The second-order valence-corrected chi connectivity index (χ2v) is 7.05. The number of fused-ring (bicyclic) bond motifs is 1. The lowest BCUT2D eigenvalue weighted by molar-refractivity contribution is -0.149. The number of nitrogens with zero attached hydrogens (tertiary/aromatic N) is 1. The molecule has 3 rings (SSSR count). The van der Waals surface area contributed by atoms with E-state index in [9.17, 15) is 14.7 Å². The van der Waals surface area contributed by atoms with Gasteiger partial charge in [-0.2, -0.15) is 0 Å². The topological polar surface area (TPSA) is 57.6 Å². The van der Waals surface area contributed by atoms with Crippen LogP contribution < -0.4 is 0 Å². The lowest BCUT2D eigenvalue weighted by atomic mass is 9.81. The number of rotatable bonds is 3. The molecule has 1 aromatic carbocycles. The van der Waals surface area contributed by atoms with Crippen LogP contribution in [0.1, 0.15) is 24.8 Å². The third kappa shape index (κ3) is 2.59. The van der Waals surface area contributed by atoms with Crippen LogP contribution in [0.2, 0.25) is 0 Å². The number of aliphatic carboxylic acids is 1. The maximum atomic E-state index is 12.4. The van der Waals surface area contributed by atoms with Crippen molar-refractivity contribution in [2.45, 2.75) is 25.7 Å². The van der Waals surface area contributed by atoms with Crippen LogP contribution >= 0.6 is 15.9 Å². The Bertz CT molecular complexity index is 589. The maximum absolute atomic E-state index is 12.4. The van der Waals surface area contributed by atoms with Crippen LogP contribution in [0.4, 0.5) is 0 Å². The number of hydrogen-bond acceptors (Lipinski definition) is 2. The van der Waals surface area contributed by atoms with Crippen molar-refractivity contribution in [3.63, 3.8) is 0 Å². The average molecular weight is 352 g/mol. The summed E-state index contributed by atoms with van der Waals surface area (Å²) in [6.07, 6.45) is 2.92. The molecule has 1 N–H and O–H groups in total. The molecule has 2 aliphatic rings. The fraction of sp³-hybridized carbons (Fsp3) is 0.500. The predicted molar refractivity (Wildman–Crippen MR) is 81.8 cm³/mol. The molecule has 5 heteroatoms. The van der Waals surface area contributed by atoms with Gasteiger partial charge in [0.05, 0.1) is 11.8 Å². The molecule has 2 fully saturated rings. The zero-order chi connectivity index (χ0) is 15.0. The van der Waals surface area contributed by atoms with Gasteiger partial charge in [0.15, 0.2) is 0 Å². The summed E-state index contributed by atoms with van der Waals surface area (Å²) in [5.74, 6) is -0.577. The Morgan fingerprint density at radius 3 is 2.90 bits per heavy atom. The number of amides is 1. The van der Waals surface area contributed by atoms with Crippen LogP contribution in [-0.2, 0) is 16.0 Å². The summed E-state index contributed by atoms with van der Waals surface area (Å²) in [6.45, 7) is 0.971. The first-order chi connectivity index (χ1) is 10.0. The molecular weight excluding hydrogens is 334 g/mol. The molecule has 1 aliphatic heterocycles. The number of halogens is 1. The smallest absolute Gasteiger partial charge is 0.311 e. The summed E-state index contributed by atoms with van der Waals surface area (Å²) in [4.78, 5) is 25.8. The molecule has 1 amide bonds. The van der Waals surface area contributed by atoms with E-state index in [1.54, 1.807) is 4.90 Å². The first kappa shape index (κ1) is 14.6. The summed E-state index contributed by atoms with van der Waals surface area (Å²) < 4.78 is 0.952. The van der Waals surface area contributed by atoms with Gasteiger partial charge in [-0.1, -0.05) is 34.5 Å². The molecule has 0 radical (unpaired) electrons. The summed E-state index contributed by atoms with van der Waals surface area (Å²) in [5.41, 5.74) is 0.267. The van der Waals surface area contributed by atoms with Crippen molar-refractivity contribution in [1.82, 2.24) is 4.90 Å². The molecule has 0 aromatic heterocycles. The molecule has 1 aromatic rings. The average Bonchev–Trinajstić information content (AvgIpc) is 2.95. The predicted octanol–water partition coefficient (Wildman–Crippen LogP) is 2.70. The van der Waals surface area contributed by atoms with Gasteiger partial charge in [0.2, 0.25) is 5.91 Å². The van der Waals surface area contributed by atoms with Crippen molar-refractivity contribution in [3.05, 3.63) is 34.3 Å². The Balaban J connectivity index is 1.71. The minimum Gasteiger partial charge on any atom is -0.481 e. The summed E-state index contributed by atoms with van der Waals surface area (Å²) in [5, 5.41) is 9.56. The summed E-state index contributed by atoms with van der Waals surface area (Å²) >= 11 is 3.40. The van der Waals surface area contributed by atoms with Crippen LogP contribution in [-0.4, -0.2) is 35.0 Å². The van der Waals surface area contributed by atoms with Crippen molar-refractivity contribution >= 4 is 27.8 Å². The van der Waals surface area contributed by atoms with E-state index >= 15 is 0 Å². The van der Waals surface area contributed by atoms with Gasteiger partial charge in [0, 0.05) is 17.6 Å². The molecule has 4 nitrogen and oxygen atoms in total. The highest BCUT2D eigenvalue weighted by Gasteiger charge is 2.55. The summed E-state index contributed by atoms with van der Waals surface area (Å²) in [6, 6.07) is 7.69. The third-order valence-electron chi connectivity index (χ3n) is 4.89. The van der Waals surface area contributed by atoms with Crippen LogP contribution in [0.5, 0.6) is 0 Å². The number of carboxylic acids is 1. The van der Waals surface area contributed by atoms with Gasteiger partial charge in [0.25, 0.3) is 0 Å². The van der Waals surface area contributed by atoms with Gasteiger partial charge in [-0.3, -0.25) is 9.59 Å². The monoisotopic (exact) mass is 351 g/mol. The molecule has 0 spiro atoms. The van der Waals surface area contributed by atoms with Crippen molar-refractivity contribution in [2.24, 2.45) is 11.3 Å². The van der Waals surface area contributed by atoms with Crippen LogP contribution in [0.3, 0.4) is 0 Å². The normalized spacial score (nSPS) is 27.7. The first-order valence-corrected chi connectivity index (χ1v) is 8.06. The first-order valence-electron chi connectivity index (χ1n) is 7.27. The number of likely N-dealkylation sites (tertiary alicyclic amines) is 1. The molecule has 1 heterocycles. The molecule has 2 atom stereocenters. The van der Waals surface area contributed by atoms with Gasteiger partial charge < -0.3 is 10.0 Å². The fourth-order valence-corrected chi connectivity index (χ4v) is 4.21. The second kappa shape index (κ2) is 5.44. The zero-order valence-corrected chi connectivity index (χ0v) is 13.3. The van der Waals surface area contributed by atoms with Crippen LogP contribution in [0.25, 0.3) is 0 Å². The lowest BCUT2D eigenvalue weighted by Gasteiger charge is -2.23. The highest BCUT2D eigenvalue weighted by atomic mass is 79.9. The molecule has 112 valence electrons. The number of carbonyl (C=O) groups is 2. The molecule has 1 aliphatic carbocycles. The minimum absolute atomic E-state index is 0.0307. The quantitative estimate of drug-likeness (QED) is 0.910. The van der Waals surface area contributed by atoms with Gasteiger partial charge in [-0.05, 0) is 36.5 Å². The van der Waals surface area contributed by atoms with E-state index in [2.05, 4.69) is 15.9 Å². The van der Waals surface area contributed by atoms with E-state index < -0.39 is 11.4 Å². The second-order valence-electron chi connectivity index (χ2n) is 6.13. The van der Waals surface area contributed by atoms with Gasteiger partial charge in [-0.15, -0.1) is 0 Å². The zero-order valence-electron chi connectivity index (χ0n) is 11.7. The van der Waals surface area contributed by atoms with Gasteiger partial charge >= 0.3 is 5.97 Å². The standard InChI is InChI=1S/C16H18BrNO3/c17-13-5-1-3-11(7-13)8-14(19)18-9-12-4-2-6-16(12,10-18)15(20)21/h1,3,5,7,12H,2,4,6,8-10H2,(H,20,21)/t12-,16+/m0/s1. The molecule has 21 heavy (non-hydrogen) atoms. The van der Waals surface area contributed by atoms with E-state index in [1.165, 1.54) is 0 Å². The number of carbonyl (C=O) groups excluding carboxylic acids is 1. The molecule has 0 unspecified atom stereocenters. The van der Waals surface area contributed by atoms with Crippen molar-refractivity contribution in [1.29, 1.82) is 0 Å². The van der Waals surface area contributed by atoms with E-state index in [0.29, 0.717) is 25.9 Å². The van der Waals surface area contributed by atoms with Crippen LogP contribution in [0, 0.1) is 11.3 Å².